The lowest BCUT2D eigenvalue weighted by atomic mass is 10.2. The Labute approximate surface area is 107 Å². The van der Waals surface area contributed by atoms with E-state index in [1.807, 2.05) is 39.0 Å². The average Bonchev–Trinajstić information content (AvgIpc) is 2.23. The zero-order valence-electron chi connectivity index (χ0n) is 10.5. The Kier molecular flexibility index (Phi) is 5.35. The molecule has 0 radical (unpaired) electrons. The number of thioether (sulfide) groups is 1. The van der Waals surface area contributed by atoms with Crippen LogP contribution in [-0.4, -0.2) is 24.0 Å². The molecule has 1 N–H and O–H groups in total. The van der Waals surface area contributed by atoms with Crippen LogP contribution in [0.25, 0.3) is 0 Å². The molecule has 0 saturated heterocycles. The molecule has 0 saturated carbocycles. The number of ether oxygens (including phenoxy) is 1. The van der Waals surface area contributed by atoms with Crippen LogP contribution in [-0.2, 0) is 4.74 Å². The molecule has 0 aromatic heterocycles. The van der Waals surface area contributed by atoms with Crippen LogP contribution in [0, 0.1) is 0 Å². The van der Waals surface area contributed by atoms with E-state index in [0.29, 0.717) is 6.54 Å². The molecule has 0 atom stereocenters. The number of carbonyl (C=O) groups excluding carboxylic acids is 1. The van der Waals surface area contributed by atoms with E-state index in [9.17, 15) is 4.79 Å². The first-order chi connectivity index (χ1) is 7.97. The number of hydrogen-bond donors (Lipinski definition) is 1. The molecule has 1 rings (SSSR count). The summed E-state index contributed by atoms with van der Waals surface area (Å²) in [5, 5.41) is 2.73. The van der Waals surface area contributed by atoms with Crippen molar-refractivity contribution in [1.82, 2.24) is 5.32 Å². The predicted molar refractivity (Wildman–Crippen MR) is 71.4 cm³/mol. The highest BCUT2D eigenvalue weighted by Crippen LogP contribution is 2.15. The van der Waals surface area contributed by atoms with Gasteiger partial charge in [0.15, 0.2) is 0 Å². The number of alkyl carbamates (subject to hydrolysis) is 1. The SMILES string of the molecule is CC(C)(C)OC(=O)NCCSc1ccccc1. The van der Waals surface area contributed by atoms with Crippen molar-refractivity contribution in [3.05, 3.63) is 30.3 Å². The summed E-state index contributed by atoms with van der Waals surface area (Å²) < 4.78 is 5.13. The number of benzene rings is 1. The van der Waals surface area contributed by atoms with Gasteiger partial charge in [0.1, 0.15) is 5.60 Å². The van der Waals surface area contributed by atoms with E-state index < -0.39 is 5.60 Å². The van der Waals surface area contributed by atoms with Gasteiger partial charge >= 0.3 is 6.09 Å². The lowest BCUT2D eigenvalue weighted by Gasteiger charge is -2.19. The van der Waals surface area contributed by atoms with Gasteiger partial charge in [-0.3, -0.25) is 0 Å². The number of nitrogens with one attached hydrogen (secondary N) is 1. The molecule has 94 valence electrons. The second-order valence-corrected chi connectivity index (χ2v) is 5.76. The number of carbonyl (C=O) groups is 1. The summed E-state index contributed by atoms with van der Waals surface area (Å²) in [6.07, 6.45) is -0.355. The molecule has 0 fully saturated rings. The summed E-state index contributed by atoms with van der Waals surface area (Å²) in [6.45, 7) is 6.16. The van der Waals surface area contributed by atoms with Gasteiger partial charge in [-0.25, -0.2) is 4.79 Å². The first-order valence-electron chi connectivity index (χ1n) is 5.62. The highest BCUT2D eigenvalue weighted by atomic mass is 32.2. The molecule has 1 amide bonds. The Morgan fingerprint density at radius 1 is 1.29 bits per heavy atom. The average molecular weight is 253 g/mol. The van der Waals surface area contributed by atoms with Gasteiger partial charge < -0.3 is 10.1 Å². The van der Waals surface area contributed by atoms with Gasteiger partial charge in [-0.2, -0.15) is 0 Å². The Bertz CT molecular complexity index is 346. The third kappa shape index (κ3) is 6.89. The number of amides is 1. The van der Waals surface area contributed by atoms with E-state index in [0.717, 1.165) is 5.75 Å². The minimum atomic E-state index is -0.434. The zero-order valence-corrected chi connectivity index (χ0v) is 11.3. The second kappa shape index (κ2) is 6.55. The van der Waals surface area contributed by atoms with E-state index in [4.69, 9.17) is 4.74 Å². The van der Waals surface area contributed by atoms with E-state index >= 15 is 0 Å². The summed E-state index contributed by atoms with van der Waals surface area (Å²) in [5.74, 6) is 0.837. The molecular formula is C13H19NO2S. The van der Waals surface area contributed by atoms with Gasteiger partial charge in [-0.05, 0) is 32.9 Å². The Morgan fingerprint density at radius 3 is 2.53 bits per heavy atom. The van der Waals surface area contributed by atoms with Gasteiger partial charge in [0.05, 0.1) is 0 Å². The zero-order chi connectivity index (χ0) is 12.7. The summed E-state index contributed by atoms with van der Waals surface area (Å²) in [7, 11) is 0. The monoisotopic (exact) mass is 253 g/mol. The quantitative estimate of drug-likeness (QED) is 0.661. The summed E-state index contributed by atoms with van der Waals surface area (Å²) in [5.41, 5.74) is -0.434. The van der Waals surface area contributed by atoms with Crippen LogP contribution in [0.1, 0.15) is 20.8 Å². The molecule has 1 aromatic rings. The maximum Gasteiger partial charge on any atom is 0.407 e. The molecule has 0 unspecified atom stereocenters. The van der Waals surface area contributed by atoms with E-state index in [2.05, 4.69) is 17.4 Å². The fraction of sp³-hybridized carbons (Fsp3) is 0.462. The van der Waals surface area contributed by atoms with Crippen LogP contribution in [0.4, 0.5) is 4.79 Å². The van der Waals surface area contributed by atoms with Crippen LogP contribution < -0.4 is 5.32 Å². The minimum absolute atomic E-state index is 0.355. The molecular weight excluding hydrogens is 234 g/mol. The highest BCUT2D eigenvalue weighted by molar-refractivity contribution is 7.99. The first kappa shape index (κ1) is 13.9. The van der Waals surface area contributed by atoms with Crippen LogP contribution in [0.15, 0.2) is 35.2 Å². The fourth-order valence-electron chi connectivity index (χ4n) is 1.15. The van der Waals surface area contributed by atoms with Crippen molar-refractivity contribution in [3.63, 3.8) is 0 Å². The summed E-state index contributed by atoms with van der Waals surface area (Å²) in [4.78, 5) is 12.5. The molecule has 0 heterocycles. The van der Waals surface area contributed by atoms with Gasteiger partial charge in [0.25, 0.3) is 0 Å². The molecule has 3 nitrogen and oxygen atoms in total. The largest absolute Gasteiger partial charge is 0.444 e. The third-order valence-corrected chi connectivity index (χ3v) is 2.80. The molecule has 0 spiro atoms. The molecule has 4 heteroatoms. The molecule has 0 aliphatic heterocycles. The van der Waals surface area contributed by atoms with Crippen molar-refractivity contribution < 1.29 is 9.53 Å². The van der Waals surface area contributed by atoms with Crippen molar-refractivity contribution in [2.45, 2.75) is 31.3 Å². The number of rotatable bonds is 4. The summed E-state index contributed by atoms with van der Waals surface area (Å²) in [6, 6.07) is 10.1. The standard InChI is InChI=1S/C13H19NO2S/c1-13(2,3)16-12(15)14-9-10-17-11-7-5-4-6-8-11/h4-8H,9-10H2,1-3H3,(H,14,15). The third-order valence-electron chi connectivity index (χ3n) is 1.78. The topological polar surface area (TPSA) is 38.3 Å². The van der Waals surface area contributed by atoms with Crippen LogP contribution in [0.3, 0.4) is 0 Å². The predicted octanol–water partition coefficient (Wildman–Crippen LogP) is 3.30. The minimum Gasteiger partial charge on any atom is -0.444 e. The Balaban J connectivity index is 2.14. The van der Waals surface area contributed by atoms with Crippen molar-refractivity contribution in [2.24, 2.45) is 0 Å². The van der Waals surface area contributed by atoms with Crippen LogP contribution in [0.5, 0.6) is 0 Å². The molecule has 17 heavy (non-hydrogen) atoms. The van der Waals surface area contributed by atoms with Crippen molar-refractivity contribution >= 4 is 17.9 Å². The van der Waals surface area contributed by atoms with Crippen LogP contribution in [0.2, 0.25) is 0 Å². The first-order valence-corrected chi connectivity index (χ1v) is 6.61. The van der Waals surface area contributed by atoms with E-state index in [1.54, 1.807) is 11.8 Å². The van der Waals surface area contributed by atoms with Gasteiger partial charge in [0, 0.05) is 17.2 Å². The van der Waals surface area contributed by atoms with E-state index in [-0.39, 0.29) is 6.09 Å². The fourth-order valence-corrected chi connectivity index (χ4v) is 1.94. The smallest absolute Gasteiger partial charge is 0.407 e. The lowest BCUT2D eigenvalue weighted by molar-refractivity contribution is 0.0531. The van der Waals surface area contributed by atoms with Crippen LogP contribution >= 0.6 is 11.8 Å². The maximum atomic E-state index is 11.3. The molecule has 0 aliphatic carbocycles. The maximum absolute atomic E-state index is 11.3. The van der Waals surface area contributed by atoms with Crippen molar-refractivity contribution in [1.29, 1.82) is 0 Å². The van der Waals surface area contributed by atoms with Gasteiger partial charge in [0.2, 0.25) is 0 Å². The Hall–Kier alpha value is -1.16. The highest BCUT2D eigenvalue weighted by Gasteiger charge is 2.15. The lowest BCUT2D eigenvalue weighted by Crippen LogP contribution is -2.33. The molecule has 0 bridgehead atoms. The normalized spacial score (nSPS) is 11.0. The van der Waals surface area contributed by atoms with Gasteiger partial charge in [-0.15, -0.1) is 11.8 Å². The number of hydrogen-bond acceptors (Lipinski definition) is 3. The van der Waals surface area contributed by atoms with Crippen molar-refractivity contribution in [2.75, 3.05) is 12.3 Å². The second-order valence-electron chi connectivity index (χ2n) is 4.59. The summed E-state index contributed by atoms with van der Waals surface area (Å²) >= 11 is 1.71. The molecule has 0 aliphatic rings. The van der Waals surface area contributed by atoms with Gasteiger partial charge in [-0.1, -0.05) is 18.2 Å². The Morgan fingerprint density at radius 2 is 1.94 bits per heavy atom. The van der Waals surface area contributed by atoms with E-state index in [1.165, 1.54) is 4.90 Å². The van der Waals surface area contributed by atoms with Crippen molar-refractivity contribution in [3.8, 4) is 0 Å². The molecule has 1 aromatic carbocycles.